The monoisotopic (exact) mass is 318 g/mol. The Labute approximate surface area is 138 Å². The number of esters is 1. The van der Waals surface area contributed by atoms with Crippen LogP contribution in [0.1, 0.15) is 44.8 Å². The van der Waals surface area contributed by atoms with Crippen molar-refractivity contribution in [2.75, 3.05) is 26.7 Å². The van der Waals surface area contributed by atoms with Crippen LogP contribution in [0.5, 0.6) is 0 Å². The van der Waals surface area contributed by atoms with Crippen molar-refractivity contribution >= 4 is 11.9 Å². The Morgan fingerprint density at radius 3 is 2.70 bits per heavy atom. The molecular weight excluding hydrogens is 292 g/mol. The quantitative estimate of drug-likeness (QED) is 0.866. The molecule has 5 heteroatoms. The van der Waals surface area contributed by atoms with Gasteiger partial charge in [0, 0.05) is 13.8 Å². The Morgan fingerprint density at radius 2 is 2.04 bits per heavy atom. The smallest absolute Gasteiger partial charge is 0.319 e. The molecule has 0 bridgehead atoms. The Bertz CT molecular complexity index is 612. The number of benzene rings is 1. The van der Waals surface area contributed by atoms with Gasteiger partial charge < -0.3 is 10.1 Å². The molecule has 2 aliphatic rings. The van der Waals surface area contributed by atoms with Gasteiger partial charge in [-0.2, -0.15) is 0 Å². The molecule has 1 amide bonds. The fraction of sp³-hybridized carbons (Fsp3) is 0.556. The molecule has 0 radical (unpaired) electrons. The van der Waals surface area contributed by atoms with Gasteiger partial charge in [0.1, 0.15) is 0 Å². The van der Waals surface area contributed by atoms with Crippen molar-refractivity contribution in [2.45, 2.75) is 37.6 Å². The second-order valence-electron chi connectivity index (χ2n) is 6.68. The van der Waals surface area contributed by atoms with E-state index in [4.69, 9.17) is 4.74 Å². The molecule has 23 heavy (non-hydrogen) atoms. The van der Waals surface area contributed by atoms with Crippen molar-refractivity contribution in [1.29, 1.82) is 0 Å². The molecule has 126 valence electrons. The second kappa shape index (κ2) is 6.32. The standard InChI is InChI=1S/C18H24N2O3.H2/c1-13(21)19-16-11-18(15-6-4-3-5-14(15)16)7-9-20(10-8-18)12-17(22)23-2;/h3-6,16H,7-12H2,1-2H3,(H,19,21);1H/t16-;/m0./s1. The fourth-order valence-electron chi connectivity index (χ4n) is 4.13. The Balaban J connectivity index is 0.00000208. The summed E-state index contributed by atoms with van der Waals surface area (Å²) < 4.78 is 4.76. The van der Waals surface area contributed by atoms with E-state index in [2.05, 4.69) is 28.4 Å². The fourth-order valence-corrected chi connectivity index (χ4v) is 4.13. The highest BCUT2D eigenvalue weighted by Crippen LogP contribution is 2.50. The van der Waals surface area contributed by atoms with E-state index in [9.17, 15) is 9.59 Å². The van der Waals surface area contributed by atoms with Crippen molar-refractivity contribution in [3.63, 3.8) is 0 Å². The van der Waals surface area contributed by atoms with E-state index >= 15 is 0 Å². The van der Waals surface area contributed by atoms with Crippen LogP contribution in [0.4, 0.5) is 0 Å². The van der Waals surface area contributed by atoms with E-state index in [0.29, 0.717) is 6.54 Å². The molecule has 1 fully saturated rings. The van der Waals surface area contributed by atoms with E-state index < -0.39 is 0 Å². The van der Waals surface area contributed by atoms with Gasteiger partial charge in [0.15, 0.2) is 0 Å². The second-order valence-corrected chi connectivity index (χ2v) is 6.68. The number of piperidine rings is 1. The van der Waals surface area contributed by atoms with Gasteiger partial charge in [-0.25, -0.2) is 0 Å². The summed E-state index contributed by atoms with van der Waals surface area (Å²) in [6.45, 7) is 3.71. The van der Waals surface area contributed by atoms with Crippen LogP contribution in [-0.4, -0.2) is 43.5 Å². The van der Waals surface area contributed by atoms with Crippen molar-refractivity contribution in [2.24, 2.45) is 0 Å². The number of rotatable bonds is 3. The third kappa shape index (κ3) is 3.11. The number of hydrogen-bond acceptors (Lipinski definition) is 4. The number of ether oxygens (including phenoxy) is 1. The zero-order chi connectivity index (χ0) is 16.4. The molecule has 3 rings (SSSR count). The summed E-state index contributed by atoms with van der Waals surface area (Å²) in [5.41, 5.74) is 2.75. The summed E-state index contributed by atoms with van der Waals surface area (Å²) in [4.78, 5) is 25.1. The number of nitrogens with one attached hydrogen (secondary N) is 1. The first-order valence-electron chi connectivity index (χ1n) is 8.20. The average Bonchev–Trinajstić information content (AvgIpc) is 2.83. The number of carbonyl (C=O) groups excluding carboxylic acids is 2. The SMILES string of the molecule is COC(=O)CN1CCC2(CC1)C[C@H](NC(C)=O)c1ccccc12.[HH]. The predicted octanol–water partition coefficient (Wildman–Crippen LogP) is 2.02. The third-order valence-electron chi connectivity index (χ3n) is 5.27. The number of amides is 1. The summed E-state index contributed by atoms with van der Waals surface area (Å²) in [5, 5.41) is 3.10. The molecule has 1 aromatic carbocycles. The lowest BCUT2D eigenvalue weighted by Gasteiger charge is -2.40. The van der Waals surface area contributed by atoms with E-state index in [1.54, 1.807) is 6.92 Å². The molecule has 0 aromatic heterocycles. The maximum Gasteiger partial charge on any atom is 0.319 e. The van der Waals surface area contributed by atoms with Crippen LogP contribution in [0, 0.1) is 0 Å². The maximum atomic E-state index is 11.5. The summed E-state index contributed by atoms with van der Waals surface area (Å²) in [6.07, 6.45) is 2.98. The van der Waals surface area contributed by atoms with Crippen LogP contribution in [0.25, 0.3) is 0 Å². The van der Waals surface area contributed by atoms with E-state index in [1.165, 1.54) is 18.2 Å². The zero-order valence-electron chi connectivity index (χ0n) is 13.8. The van der Waals surface area contributed by atoms with Crippen LogP contribution in [0.15, 0.2) is 24.3 Å². The third-order valence-corrected chi connectivity index (χ3v) is 5.27. The van der Waals surface area contributed by atoms with Crippen LogP contribution in [-0.2, 0) is 19.7 Å². The average molecular weight is 318 g/mol. The molecule has 5 nitrogen and oxygen atoms in total. The van der Waals surface area contributed by atoms with Crippen molar-refractivity contribution < 1.29 is 15.8 Å². The van der Waals surface area contributed by atoms with Crippen molar-refractivity contribution in [3.8, 4) is 0 Å². The molecule has 0 unspecified atom stereocenters. The molecule has 1 heterocycles. The maximum absolute atomic E-state index is 11.5. The number of methoxy groups -OCH3 is 1. The topological polar surface area (TPSA) is 58.6 Å². The molecule has 1 atom stereocenters. The van der Waals surface area contributed by atoms with Gasteiger partial charge in [-0.15, -0.1) is 0 Å². The highest BCUT2D eigenvalue weighted by atomic mass is 16.5. The molecule has 1 saturated heterocycles. The van der Waals surface area contributed by atoms with Crippen molar-refractivity contribution in [1.82, 2.24) is 10.2 Å². The van der Waals surface area contributed by atoms with Crippen molar-refractivity contribution in [3.05, 3.63) is 35.4 Å². The lowest BCUT2D eigenvalue weighted by atomic mass is 9.73. The largest absolute Gasteiger partial charge is 0.468 e. The number of hydrogen-bond donors (Lipinski definition) is 1. The Hall–Kier alpha value is -1.88. The van der Waals surface area contributed by atoms with Crippen LogP contribution >= 0.6 is 0 Å². The Morgan fingerprint density at radius 1 is 1.35 bits per heavy atom. The minimum atomic E-state index is -0.177. The minimum absolute atomic E-state index is 0. The molecule has 1 aromatic rings. The molecule has 1 spiro atoms. The van der Waals surface area contributed by atoms with Crippen LogP contribution < -0.4 is 5.32 Å². The summed E-state index contributed by atoms with van der Waals surface area (Å²) in [5.74, 6) is -0.158. The summed E-state index contributed by atoms with van der Waals surface area (Å²) >= 11 is 0. The Kier molecular flexibility index (Phi) is 4.39. The van der Waals surface area contributed by atoms with Gasteiger partial charge in [0.2, 0.25) is 5.91 Å². The first-order chi connectivity index (χ1) is 11.0. The van der Waals surface area contributed by atoms with Crippen LogP contribution in [0.3, 0.4) is 0 Å². The van der Waals surface area contributed by atoms with E-state index in [0.717, 1.165) is 32.4 Å². The minimum Gasteiger partial charge on any atom is -0.468 e. The van der Waals surface area contributed by atoms with Crippen LogP contribution in [0.2, 0.25) is 0 Å². The summed E-state index contributed by atoms with van der Waals surface area (Å²) in [6, 6.07) is 8.56. The van der Waals surface area contributed by atoms with E-state index in [-0.39, 0.29) is 24.8 Å². The normalized spacial score (nSPS) is 22.6. The molecular formula is C18H26N2O3. The first-order valence-corrected chi connectivity index (χ1v) is 8.20. The lowest BCUT2D eigenvalue weighted by molar-refractivity contribution is -0.142. The molecule has 1 N–H and O–H groups in total. The lowest BCUT2D eigenvalue weighted by Crippen LogP contribution is -2.44. The first kappa shape index (κ1) is 16.0. The van der Waals surface area contributed by atoms with Gasteiger partial charge in [-0.1, -0.05) is 24.3 Å². The summed E-state index contributed by atoms with van der Waals surface area (Å²) in [7, 11) is 1.43. The van der Waals surface area contributed by atoms with Gasteiger partial charge in [-0.3, -0.25) is 14.5 Å². The zero-order valence-corrected chi connectivity index (χ0v) is 13.8. The van der Waals surface area contributed by atoms with Gasteiger partial charge in [-0.05, 0) is 43.5 Å². The van der Waals surface area contributed by atoms with Gasteiger partial charge in [0.25, 0.3) is 0 Å². The van der Waals surface area contributed by atoms with Gasteiger partial charge in [0.05, 0.1) is 19.7 Å². The van der Waals surface area contributed by atoms with E-state index in [1.807, 2.05) is 6.07 Å². The molecule has 1 aliphatic carbocycles. The number of likely N-dealkylation sites (tertiary alicyclic amines) is 1. The number of nitrogens with zero attached hydrogens (tertiary/aromatic N) is 1. The predicted molar refractivity (Wildman–Crippen MR) is 89.1 cm³/mol. The number of fused-ring (bicyclic) bond motifs is 2. The highest BCUT2D eigenvalue weighted by molar-refractivity contribution is 5.74. The highest BCUT2D eigenvalue weighted by Gasteiger charge is 2.45. The molecule has 1 aliphatic heterocycles. The van der Waals surface area contributed by atoms with Gasteiger partial charge >= 0.3 is 5.97 Å². The molecule has 0 saturated carbocycles. The number of carbonyl (C=O) groups is 2.